The molecule has 0 spiro atoms. The van der Waals surface area contributed by atoms with Crippen molar-refractivity contribution in [2.75, 3.05) is 26.3 Å². The van der Waals surface area contributed by atoms with E-state index < -0.39 is 0 Å². The predicted octanol–water partition coefficient (Wildman–Crippen LogP) is 2.62. The van der Waals surface area contributed by atoms with Gasteiger partial charge < -0.3 is 15.4 Å². The van der Waals surface area contributed by atoms with Crippen LogP contribution >= 0.6 is 0 Å². The van der Waals surface area contributed by atoms with Crippen molar-refractivity contribution >= 4 is 5.96 Å². The highest BCUT2D eigenvalue weighted by Crippen LogP contribution is 2.09. The van der Waals surface area contributed by atoms with Crippen LogP contribution in [-0.2, 0) is 11.3 Å². The van der Waals surface area contributed by atoms with Crippen LogP contribution in [0.3, 0.4) is 0 Å². The second kappa shape index (κ2) is 10.2. The van der Waals surface area contributed by atoms with Crippen molar-refractivity contribution in [3.8, 4) is 0 Å². The molecule has 0 fully saturated rings. The van der Waals surface area contributed by atoms with Crippen molar-refractivity contribution in [2.45, 2.75) is 33.7 Å². The molecule has 1 aromatic rings. The normalized spacial score (nSPS) is 11.5. The van der Waals surface area contributed by atoms with Crippen molar-refractivity contribution in [3.63, 3.8) is 0 Å². The number of hydrogen-bond donors (Lipinski definition) is 2. The molecule has 118 valence electrons. The maximum atomic E-state index is 13.2. The average molecular weight is 295 g/mol. The van der Waals surface area contributed by atoms with Crippen molar-refractivity contribution in [1.82, 2.24) is 10.6 Å². The number of halogens is 1. The van der Waals surface area contributed by atoms with Crippen LogP contribution < -0.4 is 10.6 Å². The zero-order chi connectivity index (χ0) is 15.5. The molecule has 0 saturated heterocycles. The van der Waals surface area contributed by atoms with Gasteiger partial charge in [0.05, 0.1) is 6.54 Å². The maximum Gasteiger partial charge on any atom is 0.191 e. The molecule has 0 amide bonds. The molecule has 0 bridgehead atoms. The Morgan fingerprint density at radius 2 is 2.10 bits per heavy atom. The van der Waals surface area contributed by atoms with Crippen molar-refractivity contribution < 1.29 is 9.13 Å². The van der Waals surface area contributed by atoms with Gasteiger partial charge in [-0.3, -0.25) is 0 Å². The molecule has 0 unspecified atom stereocenters. The highest BCUT2D eigenvalue weighted by molar-refractivity contribution is 5.79. The smallest absolute Gasteiger partial charge is 0.191 e. The topological polar surface area (TPSA) is 45.7 Å². The molecule has 5 heteroatoms. The monoisotopic (exact) mass is 295 g/mol. The quantitative estimate of drug-likeness (QED) is 0.440. The minimum atomic E-state index is -0.177. The van der Waals surface area contributed by atoms with Crippen molar-refractivity contribution in [2.24, 2.45) is 4.99 Å². The van der Waals surface area contributed by atoms with E-state index >= 15 is 0 Å². The summed E-state index contributed by atoms with van der Waals surface area (Å²) in [4.78, 5) is 4.50. The Morgan fingerprint density at radius 1 is 1.29 bits per heavy atom. The van der Waals surface area contributed by atoms with E-state index in [1.165, 1.54) is 6.07 Å². The summed E-state index contributed by atoms with van der Waals surface area (Å²) in [7, 11) is 0. The highest BCUT2D eigenvalue weighted by atomic mass is 19.1. The second-order valence-electron chi connectivity index (χ2n) is 4.76. The molecule has 4 nitrogen and oxygen atoms in total. The molecular weight excluding hydrogens is 269 g/mol. The van der Waals surface area contributed by atoms with Crippen LogP contribution in [0.4, 0.5) is 4.39 Å². The number of guanidine groups is 1. The first-order valence-electron chi connectivity index (χ1n) is 7.52. The zero-order valence-corrected chi connectivity index (χ0v) is 13.2. The standard InChI is InChI=1S/C16H26FN3O/c1-4-18-16(19-9-6-10-21-5-2)20-12-14-7-8-15(17)13(3)11-14/h7-8,11H,4-6,9-10,12H2,1-3H3,(H2,18,19,20). The maximum absolute atomic E-state index is 13.2. The fraction of sp³-hybridized carbons (Fsp3) is 0.562. The van der Waals surface area contributed by atoms with Gasteiger partial charge in [-0.1, -0.05) is 12.1 Å². The molecule has 0 radical (unpaired) electrons. The number of aryl methyl sites for hydroxylation is 1. The molecule has 1 aromatic carbocycles. The van der Waals surface area contributed by atoms with Gasteiger partial charge in [-0.25, -0.2) is 9.38 Å². The fourth-order valence-corrected chi connectivity index (χ4v) is 1.84. The summed E-state index contributed by atoms with van der Waals surface area (Å²) < 4.78 is 18.5. The molecule has 2 N–H and O–H groups in total. The number of rotatable bonds is 8. The number of ether oxygens (including phenoxy) is 1. The van der Waals surface area contributed by atoms with Gasteiger partial charge in [0.2, 0.25) is 0 Å². The first-order chi connectivity index (χ1) is 10.2. The first-order valence-corrected chi connectivity index (χ1v) is 7.52. The number of nitrogens with zero attached hydrogens (tertiary/aromatic N) is 1. The number of aliphatic imine (C=N–C) groups is 1. The van der Waals surface area contributed by atoms with E-state index in [2.05, 4.69) is 15.6 Å². The number of benzene rings is 1. The number of nitrogens with one attached hydrogen (secondary N) is 2. The van der Waals surface area contributed by atoms with E-state index in [0.717, 1.165) is 44.2 Å². The van der Waals surface area contributed by atoms with Crippen LogP contribution in [0.5, 0.6) is 0 Å². The van der Waals surface area contributed by atoms with Crippen LogP contribution in [-0.4, -0.2) is 32.3 Å². The first kappa shape index (κ1) is 17.4. The third-order valence-electron chi connectivity index (χ3n) is 2.95. The number of hydrogen-bond acceptors (Lipinski definition) is 2. The summed E-state index contributed by atoms with van der Waals surface area (Å²) in [5.41, 5.74) is 1.65. The van der Waals surface area contributed by atoms with E-state index in [1.54, 1.807) is 13.0 Å². The summed E-state index contributed by atoms with van der Waals surface area (Å²) >= 11 is 0. The Labute approximate surface area is 126 Å². The second-order valence-corrected chi connectivity index (χ2v) is 4.76. The van der Waals surface area contributed by atoms with Crippen LogP contribution in [0.2, 0.25) is 0 Å². The van der Waals surface area contributed by atoms with E-state index in [0.29, 0.717) is 12.1 Å². The Hall–Kier alpha value is -1.62. The van der Waals surface area contributed by atoms with Gasteiger partial charge in [0, 0.05) is 26.3 Å². The summed E-state index contributed by atoms with van der Waals surface area (Å²) in [6.07, 6.45) is 0.938. The average Bonchev–Trinajstić information content (AvgIpc) is 2.48. The van der Waals surface area contributed by atoms with Crippen LogP contribution in [0.1, 0.15) is 31.4 Å². The van der Waals surface area contributed by atoms with Gasteiger partial charge in [-0.15, -0.1) is 0 Å². The van der Waals surface area contributed by atoms with Gasteiger partial charge in [-0.2, -0.15) is 0 Å². The SMILES string of the molecule is CCNC(=NCc1ccc(F)c(C)c1)NCCCOCC. The highest BCUT2D eigenvalue weighted by Gasteiger charge is 2.00. The van der Waals surface area contributed by atoms with Crippen LogP contribution in [0, 0.1) is 12.7 Å². The van der Waals surface area contributed by atoms with E-state index in [1.807, 2.05) is 19.9 Å². The third kappa shape index (κ3) is 7.09. The van der Waals surface area contributed by atoms with Crippen molar-refractivity contribution in [1.29, 1.82) is 0 Å². The molecule has 0 aliphatic heterocycles. The van der Waals surface area contributed by atoms with Gasteiger partial charge in [0.15, 0.2) is 5.96 Å². The Balaban J connectivity index is 2.48. The van der Waals surface area contributed by atoms with Gasteiger partial charge in [0.1, 0.15) is 5.82 Å². The molecule has 0 saturated carbocycles. The molecule has 0 aliphatic carbocycles. The van der Waals surface area contributed by atoms with Gasteiger partial charge in [-0.05, 0) is 44.4 Å². The van der Waals surface area contributed by atoms with E-state index in [9.17, 15) is 4.39 Å². The van der Waals surface area contributed by atoms with Crippen molar-refractivity contribution in [3.05, 3.63) is 35.1 Å². The lowest BCUT2D eigenvalue weighted by atomic mass is 10.1. The molecular formula is C16H26FN3O. The predicted molar refractivity (Wildman–Crippen MR) is 85.1 cm³/mol. The minimum Gasteiger partial charge on any atom is -0.382 e. The molecule has 0 heterocycles. The lowest BCUT2D eigenvalue weighted by Crippen LogP contribution is -2.38. The van der Waals surface area contributed by atoms with Gasteiger partial charge in [0.25, 0.3) is 0 Å². The summed E-state index contributed by atoms with van der Waals surface area (Å²) in [5.74, 6) is 0.597. The largest absolute Gasteiger partial charge is 0.382 e. The fourth-order valence-electron chi connectivity index (χ4n) is 1.84. The Kier molecular flexibility index (Phi) is 8.43. The van der Waals surface area contributed by atoms with E-state index in [-0.39, 0.29) is 5.82 Å². The van der Waals surface area contributed by atoms with Crippen LogP contribution in [0.25, 0.3) is 0 Å². The third-order valence-corrected chi connectivity index (χ3v) is 2.95. The summed E-state index contributed by atoms with van der Waals surface area (Å²) in [5, 5.41) is 6.45. The molecule has 0 aliphatic rings. The summed E-state index contributed by atoms with van der Waals surface area (Å²) in [6.45, 7) is 9.43. The molecule has 21 heavy (non-hydrogen) atoms. The Morgan fingerprint density at radius 3 is 2.76 bits per heavy atom. The molecule has 0 aromatic heterocycles. The van der Waals surface area contributed by atoms with Crippen LogP contribution in [0.15, 0.2) is 23.2 Å². The summed E-state index contributed by atoms with van der Waals surface area (Å²) in [6, 6.07) is 5.09. The van der Waals surface area contributed by atoms with E-state index in [4.69, 9.17) is 4.74 Å². The molecule has 1 rings (SSSR count). The Bertz CT molecular complexity index is 449. The minimum absolute atomic E-state index is 0.177. The lowest BCUT2D eigenvalue weighted by molar-refractivity contribution is 0.145. The van der Waals surface area contributed by atoms with Gasteiger partial charge >= 0.3 is 0 Å². The molecule has 0 atom stereocenters. The zero-order valence-electron chi connectivity index (χ0n) is 13.2. The lowest BCUT2D eigenvalue weighted by Gasteiger charge is -2.11.